The van der Waals surface area contributed by atoms with Gasteiger partial charge in [0.1, 0.15) is 0 Å². The van der Waals surface area contributed by atoms with Gasteiger partial charge in [0, 0.05) is 12.5 Å². The van der Waals surface area contributed by atoms with Crippen molar-refractivity contribution in [1.29, 1.82) is 0 Å². The van der Waals surface area contributed by atoms with Crippen molar-refractivity contribution in [1.82, 2.24) is 0 Å². The highest BCUT2D eigenvalue weighted by Crippen LogP contribution is 2.27. The van der Waals surface area contributed by atoms with Gasteiger partial charge in [-0.3, -0.25) is 0 Å². The molecule has 0 heterocycles. The Kier molecular flexibility index (Phi) is 4.86. The van der Waals surface area contributed by atoms with Crippen molar-refractivity contribution in [3.05, 3.63) is 30.2 Å². The van der Waals surface area contributed by atoms with Gasteiger partial charge in [-0.15, -0.1) is 0 Å². The lowest BCUT2D eigenvalue weighted by Gasteiger charge is -2.06. The highest BCUT2D eigenvalue weighted by Gasteiger charge is 2.14. The van der Waals surface area contributed by atoms with Crippen LogP contribution in [0.4, 0.5) is 0 Å². The zero-order chi connectivity index (χ0) is 10.7. The summed E-state index contributed by atoms with van der Waals surface area (Å²) < 4.78 is 7.54. The summed E-state index contributed by atoms with van der Waals surface area (Å²) in [7, 11) is 0. The first-order valence-corrected chi connectivity index (χ1v) is 6.54. The van der Waals surface area contributed by atoms with Crippen molar-refractivity contribution < 1.29 is 9.53 Å². The summed E-state index contributed by atoms with van der Waals surface area (Å²) >= 11 is 8.80. The van der Waals surface area contributed by atoms with Gasteiger partial charge in [0.05, 0.1) is 12.2 Å². The molecule has 14 heavy (non-hydrogen) atoms. The molecule has 0 unspecified atom stereocenters. The van der Waals surface area contributed by atoms with Gasteiger partial charge < -0.3 is 4.74 Å². The van der Waals surface area contributed by atoms with Gasteiger partial charge in [-0.2, -0.15) is 0 Å². The first kappa shape index (κ1) is 12.4. The smallest absolute Gasteiger partial charge is 0.339 e. The van der Waals surface area contributed by atoms with E-state index >= 15 is 0 Å². The van der Waals surface area contributed by atoms with E-state index in [1.807, 2.05) is 6.07 Å². The van der Waals surface area contributed by atoms with E-state index in [1.54, 1.807) is 13.0 Å². The highest BCUT2D eigenvalue weighted by atomic mass is 127. The number of esters is 1. The molecule has 1 rings (SSSR count). The number of carbonyl (C=O) groups excluding carboxylic acids is 1. The molecule has 0 saturated carbocycles. The third-order valence-corrected chi connectivity index (χ3v) is 4.48. The molecule has 1 aromatic rings. The molecule has 0 saturated heterocycles. The zero-order valence-electron chi connectivity index (χ0n) is 7.31. The predicted molar refractivity (Wildman–Crippen MR) is 70.5 cm³/mol. The van der Waals surface area contributed by atoms with E-state index in [0.29, 0.717) is 12.2 Å². The maximum absolute atomic E-state index is 11.5. The van der Waals surface area contributed by atoms with Gasteiger partial charge >= 0.3 is 5.97 Å². The summed E-state index contributed by atoms with van der Waals surface area (Å²) in [5, 5.41) is 0. The molecule has 0 aliphatic heterocycles. The third kappa shape index (κ3) is 2.93. The van der Waals surface area contributed by atoms with Gasteiger partial charge in [-0.1, -0.05) is 15.9 Å². The molecule has 76 valence electrons. The third-order valence-electron chi connectivity index (χ3n) is 1.49. The summed E-state index contributed by atoms with van der Waals surface area (Å²) in [5.41, 5.74) is 0.578. The first-order valence-electron chi connectivity index (χ1n) is 3.88. The largest absolute Gasteiger partial charge is 0.462 e. The van der Waals surface area contributed by atoms with Crippen LogP contribution in [-0.4, -0.2) is 12.6 Å². The first-order chi connectivity index (χ1) is 6.56. The quantitative estimate of drug-likeness (QED) is 0.400. The topological polar surface area (TPSA) is 26.3 Å². The Morgan fingerprint density at radius 3 is 2.71 bits per heavy atom. The zero-order valence-corrected chi connectivity index (χ0v) is 12.6. The second kappa shape index (κ2) is 5.46. The molecule has 0 radical (unpaired) electrons. The molecule has 0 atom stereocenters. The summed E-state index contributed by atoms with van der Waals surface area (Å²) in [6, 6.07) is 3.65. The van der Waals surface area contributed by atoms with Crippen molar-refractivity contribution in [2.75, 3.05) is 6.61 Å². The number of rotatable bonds is 2. The molecule has 0 fully saturated rings. The van der Waals surface area contributed by atoms with Crippen LogP contribution in [0.5, 0.6) is 0 Å². The maximum Gasteiger partial charge on any atom is 0.339 e. The second-order valence-electron chi connectivity index (χ2n) is 2.47. The minimum Gasteiger partial charge on any atom is -0.462 e. The van der Waals surface area contributed by atoms with Gasteiger partial charge in [0.25, 0.3) is 0 Å². The van der Waals surface area contributed by atoms with Gasteiger partial charge in [0.15, 0.2) is 0 Å². The highest BCUT2D eigenvalue weighted by molar-refractivity contribution is 14.1. The van der Waals surface area contributed by atoms with Gasteiger partial charge in [-0.25, -0.2) is 4.79 Å². The number of halogens is 3. The fourth-order valence-corrected chi connectivity index (χ4v) is 2.67. The van der Waals surface area contributed by atoms with Crippen molar-refractivity contribution in [3.8, 4) is 0 Å². The van der Waals surface area contributed by atoms with E-state index in [0.717, 1.165) is 12.5 Å². The van der Waals surface area contributed by atoms with Crippen molar-refractivity contribution in [2.45, 2.75) is 6.92 Å². The minimum absolute atomic E-state index is 0.293. The molecule has 0 aliphatic carbocycles. The second-order valence-corrected chi connectivity index (χ2v) is 5.32. The average molecular weight is 434 g/mol. The molecule has 0 amide bonds. The van der Waals surface area contributed by atoms with Crippen LogP contribution >= 0.6 is 54.5 Å². The molecule has 5 heteroatoms. The summed E-state index contributed by atoms with van der Waals surface area (Å²) in [5.74, 6) is -0.293. The molecular formula is C9H7Br2IO2. The van der Waals surface area contributed by atoms with Crippen LogP contribution in [0.25, 0.3) is 0 Å². The number of hydrogen-bond acceptors (Lipinski definition) is 2. The Bertz CT molecular complexity index is 366. The lowest BCUT2D eigenvalue weighted by molar-refractivity contribution is 0.0525. The predicted octanol–water partition coefficient (Wildman–Crippen LogP) is 3.99. The van der Waals surface area contributed by atoms with E-state index in [9.17, 15) is 4.79 Å². The average Bonchev–Trinajstić information content (AvgIpc) is 2.11. The van der Waals surface area contributed by atoms with Crippen LogP contribution in [0, 0.1) is 3.57 Å². The SMILES string of the molecule is CCOC(=O)c1cc(Br)cc(Br)c1I. The fourth-order valence-electron chi connectivity index (χ4n) is 0.913. The lowest BCUT2D eigenvalue weighted by Crippen LogP contribution is -2.07. The van der Waals surface area contributed by atoms with Crippen LogP contribution in [0.15, 0.2) is 21.1 Å². The van der Waals surface area contributed by atoms with E-state index in [-0.39, 0.29) is 5.97 Å². The Labute approximate surface area is 113 Å². The molecule has 0 aliphatic rings. The summed E-state index contributed by atoms with van der Waals surface area (Å²) in [6.07, 6.45) is 0. The van der Waals surface area contributed by atoms with Crippen molar-refractivity contribution in [3.63, 3.8) is 0 Å². The van der Waals surface area contributed by atoms with Gasteiger partial charge in [-0.05, 0) is 57.6 Å². The monoisotopic (exact) mass is 432 g/mol. The maximum atomic E-state index is 11.5. The molecular weight excluding hydrogens is 427 g/mol. The van der Waals surface area contributed by atoms with Crippen molar-refractivity contribution in [2.24, 2.45) is 0 Å². The standard InChI is InChI=1S/C9H7Br2IO2/c1-2-14-9(13)6-3-5(10)4-7(11)8(6)12/h3-4H,2H2,1H3. The fraction of sp³-hybridized carbons (Fsp3) is 0.222. The Morgan fingerprint density at radius 1 is 1.50 bits per heavy atom. The number of hydrogen-bond donors (Lipinski definition) is 0. The molecule has 2 nitrogen and oxygen atoms in total. The molecule has 0 bridgehead atoms. The van der Waals surface area contributed by atoms with E-state index in [2.05, 4.69) is 54.5 Å². The van der Waals surface area contributed by atoms with Crippen LogP contribution in [-0.2, 0) is 4.74 Å². The van der Waals surface area contributed by atoms with Crippen molar-refractivity contribution >= 4 is 60.4 Å². The molecule has 0 spiro atoms. The number of ether oxygens (including phenoxy) is 1. The van der Waals surface area contributed by atoms with Crippen LogP contribution < -0.4 is 0 Å². The molecule has 0 N–H and O–H groups in total. The lowest BCUT2D eigenvalue weighted by atomic mass is 10.2. The van der Waals surface area contributed by atoms with E-state index in [4.69, 9.17) is 4.74 Å². The van der Waals surface area contributed by atoms with Crippen LogP contribution in [0.3, 0.4) is 0 Å². The summed E-state index contributed by atoms with van der Waals surface area (Å²) in [6.45, 7) is 2.18. The van der Waals surface area contributed by atoms with E-state index in [1.165, 1.54) is 0 Å². The minimum atomic E-state index is -0.293. The number of carbonyl (C=O) groups is 1. The van der Waals surface area contributed by atoms with E-state index < -0.39 is 0 Å². The normalized spacial score (nSPS) is 10.0. The Morgan fingerprint density at radius 2 is 2.14 bits per heavy atom. The Balaban J connectivity index is 3.13. The summed E-state index contributed by atoms with van der Waals surface area (Å²) in [4.78, 5) is 11.5. The molecule has 0 aromatic heterocycles. The van der Waals surface area contributed by atoms with Gasteiger partial charge in [0.2, 0.25) is 0 Å². The number of benzene rings is 1. The van der Waals surface area contributed by atoms with Crippen LogP contribution in [0.1, 0.15) is 17.3 Å². The van der Waals surface area contributed by atoms with Crippen LogP contribution in [0.2, 0.25) is 0 Å². The Hall–Kier alpha value is 0.380. The molecule has 1 aromatic carbocycles.